The number of carbonyl (C=O) groups is 2. The summed E-state index contributed by atoms with van der Waals surface area (Å²) in [5.74, 6) is -0.699. The van der Waals surface area contributed by atoms with Crippen LogP contribution in [0.15, 0.2) is 18.2 Å². The molecule has 0 aliphatic carbocycles. The van der Waals surface area contributed by atoms with Gasteiger partial charge in [-0.3, -0.25) is 4.79 Å². The molecule has 1 saturated heterocycles. The largest absolute Gasteiger partial charge is 0.482 e. The molecule has 1 aliphatic heterocycles. The summed E-state index contributed by atoms with van der Waals surface area (Å²) in [6.07, 6.45) is 2.21. The van der Waals surface area contributed by atoms with Gasteiger partial charge in [0.05, 0.1) is 19.1 Å². The summed E-state index contributed by atoms with van der Waals surface area (Å²) in [6.45, 7) is 3.24. The van der Waals surface area contributed by atoms with Crippen molar-refractivity contribution in [3.05, 3.63) is 23.8 Å². The second-order valence-corrected chi connectivity index (χ2v) is 5.64. The summed E-state index contributed by atoms with van der Waals surface area (Å²) in [5, 5.41) is 11.4. The van der Waals surface area contributed by atoms with Crippen molar-refractivity contribution in [3.8, 4) is 5.75 Å². The molecule has 0 spiro atoms. The highest BCUT2D eigenvalue weighted by Crippen LogP contribution is 2.21. The molecule has 1 aromatic carbocycles. The van der Waals surface area contributed by atoms with Crippen LogP contribution in [-0.4, -0.2) is 49.5 Å². The van der Waals surface area contributed by atoms with E-state index in [0.717, 1.165) is 18.4 Å². The lowest BCUT2D eigenvalue weighted by Crippen LogP contribution is -2.25. The van der Waals surface area contributed by atoms with Crippen molar-refractivity contribution in [1.29, 1.82) is 0 Å². The fourth-order valence-electron chi connectivity index (χ4n) is 2.38. The molecule has 132 valence electrons. The molecule has 1 heterocycles. The number of aryl methyl sites for hydroxylation is 1. The average molecular weight is 337 g/mol. The van der Waals surface area contributed by atoms with E-state index in [2.05, 4.69) is 5.32 Å². The Morgan fingerprint density at radius 1 is 1.33 bits per heavy atom. The standard InChI is InChI=1S/C17H23NO6/c1-12-10-14(24-11-17(20)21)2-3-15(12)18-16(19)6-9-23-13-4-7-22-8-5-13/h2-3,10,13H,4-9,11H2,1H3,(H,18,19)(H,20,21). The van der Waals surface area contributed by atoms with E-state index in [1.807, 2.05) is 6.92 Å². The van der Waals surface area contributed by atoms with Gasteiger partial charge < -0.3 is 24.6 Å². The smallest absolute Gasteiger partial charge is 0.341 e. The summed E-state index contributed by atoms with van der Waals surface area (Å²) < 4.78 is 16.0. The topological polar surface area (TPSA) is 94.1 Å². The first-order chi connectivity index (χ1) is 11.5. The second-order valence-electron chi connectivity index (χ2n) is 5.64. The van der Waals surface area contributed by atoms with Crippen molar-refractivity contribution < 1.29 is 28.9 Å². The van der Waals surface area contributed by atoms with E-state index in [-0.39, 0.29) is 18.4 Å². The van der Waals surface area contributed by atoms with Crippen LogP contribution in [0.1, 0.15) is 24.8 Å². The summed E-state index contributed by atoms with van der Waals surface area (Å²) in [6, 6.07) is 5.02. The predicted octanol–water partition coefficient (Wildman–Crippen LogP) is 1.98. The molecule has 2 N–H and O–H groups in total. The van der Waals surface area contributed by atoms with Crippen LogP contribution in [0.25, 0.3) is 0 Å². The lowest BCUT2D eigenvalue weighted by atomic mass is 10.1. The second kappa shape index (κ2) is 9.24. The van der Waals surface area contributed by atoms with Gasteiger partial charge in [0, 0.05) is 18.9 Å². The van der Waals surface area contributed by atoms with Gasteiger partial charge in [0.1, 0.15) is 5.75 Å². The van der Waals surface area contributed by atoms with Crippen LogP contribution in [0.2, 0.25) is 0 Å². The molecule has 7 nitrogen and oxygen atoms in total. The number of rotatable bonds is 8. The van der Waals surface area contributed by atoms with Gasteiger partial charge in [-0.1, -0.05) is 0 Å². The zero-order valence-corrected chi connectivity index (χ0v) is 13.7. The number of aliphatic carboxylic acids is 1. The van der Waals surface area contributed by atoms with Crippen LogP contribution in [0.5, 0.6) is 5.75 Å². The van der Waals surface area contributed by atoms with E-state index < -0.39 is 12.6 Å². The number of carboxylic acids is 1. The quantitative estimate of drug-likeness (QED) is 0.753. The maximum atomic E-state index is 12.0. The van der Waals surface area contributed by atoms with Crippen molar-refractivity contribution in [2.45, 2.75) is 32.3 Å². The van der Waals surface area contributed by atoms with Gasteiger partial charge in [0.15, 0.2) is 6.61 Å². The Kier molecular flexibility index (Phi) is 7.02. The lowest BCUT2D eigenvalue weighted by molar-refractivity contribution is -0.139. The number of hydrogen-bond acceptors (Lipinski definition) is 5. The molecule has 24 heavy (non-hydrogen) atoms. The Bertz CT molecular complexity index is 568. The number of benzene rings is 1. The summed E-state index contributed by atoms with van der Waals surface area (Å²) in [7, 11) is 0. The molecule has 0 aromatic heterocycles. The van der Waals surface area contributed by atoms with Gasteiger partial charge in [0.25, 0.3) is 0 Å². The average Bonchev–Trinajstić information content (AvgIpc) is 2.56. The Morgan fingerprint density at radius 3 is 2.75 bits per heavy atom. The normalized spacial score (nSPS) is 15.0. The molecule has 1 aromatic rings. The predicted molar refractivity (Wildman–Crippen MR) is 87.3 cm³/mol. The zero-order chi connectivity index (χ0) is 17.4. The van der Waals surface area contributed by atoms with Crippen LogP contribution in [-0.2, 0) is 19.1 Å². The minimum atomic E-state index is -1.03. The van der Waals surface area contributed by atoms with Crippen molar-refractivity contribution in [1.82, 2.24) is 0 Å². The van der Waals surface area contributed by atoms with E-state index in [9.17, 15) is 9.59 Å². The number of carbonyl (C=O) groups excluding carboxylic acids is 1. The molecule has 0 saturated carbocycles. The van der Waals surface area contributed by atoms with Gasteiger partial charge in [-0.05, 0) is 43.5 Å². The first-order valence-electron chi connectivity index (χ1n) is 7.99. The number of amides is 1. The zero-order valence-electron chi connectivity index (χ0n) is 13.7. The Morgan fingerprint density at radius 2 is 2.08 bits per heavy atom. The maximum absolute atomic E-state index is 12.0. The van der Waals surface area contributed by atoms with E-state index in [0.29, 0.717) is 31.3 Å². The highest BCUT2D eigenvalue weighted by atomic mass is 16.5. The third-order valence-electron chi connectivity index (χ3n) is 3.69. The molecular formula is C17H23NO6. The molecule has 1 fully saturated rings. The molecule has 1 aliphatic rings. The van der Waals surface area contributed by atoms with Crippen LogP contribution < -0.4 is 10.1 Å². The van der Waals surface area contributed by atoms with Crippen LogP contribution in [0, 0.1) is 6.92 Å². The molecule has 2 rings (SSSR count). The van der Waals surface area contributed by atoms with Gasteiger partial charge in [-0.15, -0.1) is 0 Å². The fraction of sp³-hybridized carbons (Fsp3) is 0.529. The maximum Gasteiger partial charge on any atom is 0.341 e. The first-order valence-corrected chi connectivity index (χ1v) is 7.99. The van der Waals surface area contributed by atoms with Crippen LogP contribution in [0.3, 0.4) is 0 Å². The molecule has 7 heteroatoms. The summed E-state index contributed by atoms with van der Waals surface area (Å²) >= 11 is 0. The third-order valence-corrected chi connectivity index (χ3v) is 3.69. The number of carboxylic acid groups (broad SMARTS) is 1. The van der Waals surface area contributed by atoms with Crippen LogP contribution in [0.4, 0.5) is 5.69 Å². The number of ether oxygens (including phenoxy) is 3. The number of nitrogens with one attached hydrogen (secondary N) is 1. The van der Waals surface area contributed by atoms with E-state index in [1.165, 1.54) is 0 Å². The molecule has 0 atom stereocenters. The van der Waals surface area contributed by atoms with Gasteiger partial charge >= 0.3 is 5.97 Å². The highest BCUT2D eigenvalue weighted by molar-refractivity contribution is 5.91. The van der Waals surface area contributed by atoms with Gasteiger partial charge in [0.2, 0.25) is 5.91 Å². The van der Waals surface area contributed by atoms with Gasteiger partial charge in [-0.25, -0.2) is 4.79 Å². The Balaban J connectivity index is 1.75. The first kappa shape index (κ1) is 18.2. The van der Waals surface area contributed by atoms with Crippen molar-refractivity contribution in [2.75, 3.05) is 31.7 Å². The third kappa shape index (κ3) is 6.17. The molecule has 0 unspecified atom stereocenters. The Hall–Kier alpha value is -2.12. The van der Waals surface area contributed by atoms with E-state index in [4.69, 9.17) is 19.3 Å². The SMILES string of the molecule is Cc1cc(OCC(=O)O)ccc1NC(=O)CCOC1CCOCC1. The molecule has 0 radical (unpaired) electrons. The summed E-state index contributed by atoms with van der Waals surface area (Å²) in [5.41, 5.74) is 1.48. The van der Waals surface area contributed by atoms with Crippen molar-refractivity contribution >= 4 is 17.6 Å². The minimum Gasteiger partial charge on any atom is -0.482 e. The minimum absolute atomic E-state index is 0.121. The number of hydrogen-bond donors (Lipinski definition) is 2. The van der Waals surface area contributed by atoms with Crippen LogP contribution >= 0.6 is 0 Å². The van der Waals surface area contributed by atoms with E-state index in [1.54, 1.807) is 18.2 Å². The monoisotopic (exact) mass is 337 g/mol. The molecule has 1 amide bonds. The summed E-state index contributed by atoms with van der Waals surface area (Å²) in [4.78, 5) is 22.5. The number of anilines is 1. The van der Waals surface area contributed by atoms with E-state index >= 15 is 0 Å². The van der Waals surface area contributed by atoms with Crippen molar-refractivity contribution in [3.63, 3.8) is 0 Å². The molecular weight excluding hydrogens is 314 g/mol. The van der Waals surface area contributed by atoms with Gasteiger partial charge in [-0.2, -0.15) is 0 Å². The van der Waals surface area contributed by atoms with Crippen molar-refractivity contribution in [2.24, 2.45) is 0 Å². The Labute approximate surface area is 140 Å². The lowest BCUT2D eigenvalue weighted by Gasteiger charge is -2.22. The fourth-order valence-corrected chi connectivity index (χ4v) is 2.38. The highest BCUT2D eigenvalue weighted by Gasteiger charge is 2.14. The molecule has 0 bridgehead atoms.